The summed E-state index contributed by atoms with van der Waals surface area (Å²) in [6.45, 7) is 5.74. The molecule has 20 heavy (non-hydrogen) atoms. The molecule has 0 unspecified atom stereocenters. The van der Waals surface area contributed by atoms with Gasteiger partial charge in [0.05, 0.1) is 11.0 Å². The Hall–Kier alpha value is -2.11. The van der Waals surface area contributed by atoms with Crippen LogP contribution in [0.3, 0.4) is 0 Å². The van der Waals surface area contributed by atoms with E-state index in [0.717, 1.165) is 5.52 Å². The number of nitrogen functional groups attached to an aromatic ring is 1. The molecule has 5 nitrogen and oxygen atoms in total. The fourth-order valence-electron chi connectivity index (χ4n) is 2.30. The summed E-state index contributed by atoms with van der Waals surface area (Å²) in [7, 11) is 0. The van der Waals surface area contributed by atoms with Crippen LogP contribution in [0.15, 0.2) is 18.2 Å². The highest BCUT2D eigenvalue weighted by Crippen LogP contribution is 2.19. The molecule has 2 N–H and O–H groups in total. The number of rotatable bonds is 5. The molecule has 2 aromatic rings. The predicted molar refractivity (Wildman–Crippen MR) is 76.6 cm³/mol. The van der Waals surface area contributed by atoms with Crippen molar-refractivity contribution in [3.63, 3.8) is 0 Å². The SMILES string of the molecule is CCN(CC)C(=O)CCn1c(N)nc2cc(F)ccc21. The van der Waals surface area contributed by atoms with Gasteiger partial charge in [-0.25, -0.2) is 9.37 Å². The minimum absolute atomic E-state index is 0.0818. The van der Waals surface area contributed by atoms with Gasteiger partial charge >= 0.3 is 0 Å². The first-order valence-electron chi connectivity index (χ1n) is 6.75. The largest absolute Gasteiger partial charge is 0.369 e. The van der Waals surface area contributed by atoms with Gasteiger partial charge in [0.15, 0.2) is 0 Å². The molecule has 0 radical (unpaired) electrons. The van der Waals surface area contributed by atoms with Crippen LogP contribution >= 0.6 is 0 Å². The molecule has 0 spiro atoms. The number of hydrogen-bond donors (Lipinski definition) is 1. The molecule has 0 saturated carbocycles. The molecule has 1 aromatic heterocycles. The van der Waals surface area contributed by atoms with Crippen molar-refractivity contribution in [2.45, 2.75) is 26.8 Å². The molecular weight excluding hydrogens is 259 g/mol. The van der Waals surface area contributed by atoms with Gasteiger partial charge in [-0.1, -0.05) is 0 Å². The number of nitrogens with two attached hydrogens (primary N) is 1. The summed E-state index contributed by atoms with van der Waals surface area (Å²) in [4.78, 5) is 17.9. The fourth-order valence-corrected chi connectivity index (χ4v) is 2.30. The Balaban J connectivity index is 2.18. The van der Waals surface area contributed by atoms with Gasteiger partial charge in [0.2, 0.25) is 11.9 Å². The number of halogens is 1. The topological polar surface area (TPSA) is 64.2 Å². The van der Waals surface area contributed by atoms with Gasteiger partial charge in [0, 0.05) is 32.1 Å². The van der Waals surface area contributed by atoms with Gasteiger partial charge in [-0.2, -0.15) is 0 Å². The van der Waals surface area contributed by atoms with E-state index >= 15 is 0 Å². The molecule has 108 valence electrons. The summed E-state index contributed by atoms with van der Waals surface area (Å²) >= 11 is 0. The minimum atomic E-state index is -0.346. The Morgan fingerprint density at radius 2 is 2.10 bits per heavy atom. The summed E-state index contributed by atoms with van der Waals surface area (Å²) in [6.07, 6.45) is 0.356. The Kier molecular flexibility index (Phi) is 4.22. The first-order chi connectivity index (χ1) is 9.56. The van der Waals surface area contributed by atoms with Crippen molar-refractivity contribution in [1.29, 1.82) is 0 Å². The highest BCUT2D eigenvalue weighted by Gasteiger charge is 2.13. The molecule has 0 atom stereocenters. The molecule has 1 aromatic carbocycles. The van der Waals surface area contributed by atoms with Gasteiger partial charge in [-0.15, -0.1) is 0 Å². The number of hydrogen-bond acceptors (Lipinski definition) is 3. The first kappa shape index (κ1) is 14.3. The highest BCUT2D eigenvalue weighted by atomic mass is 19.1. The van der Waals surface area contributed by atoms with Crippen molar-refractivity contribution in [1.82, 2.24) is 14.5 Å². The summed E-state index contributed by atoms with van der Waals surface area (Å²) in [5, 5.41) is 0. The third-order valence-corrected chi connectivity index (χ3v) is 3.41. The number of anilines is 1. The molecule has 0 aliphatic carbocycles. The summed E-state index contributed by atoms with van der Waals surface area (Å²) in [6, 6.07) is 4.34. The number of amides is 1. The van der Waals surface area contributed by atoms with Gasteiger partial charge < -0.3 is 15.2 Å². The molecule has 2 rings (SSSR count). The van der Waals surface area contributed by atoms with E-state index in [1.165, 1.54) is 12.1 Å². The van der Waals surface area contributed by atoms with Crippen LogP contribution in [0.2, 0.25) is 0 Å². The van der Waals surface area contributed by atoms with Crippen LogP contribution in [0.1, 0.15) is 20.3 Å². The number of aryl methyl sites for hydroxylation is 1. The van der Waals surface area contributed by atoms with E-state index < -0.39 is 0 Å². The molecule has 0 aliphatic heterocycles. The molecular formula is C14H19FN4O. The second-order valence-electron chi connectivity index (χ2n) is 4.57. The number of carbonyl (C=O) groups excluding carboxylic acids is 1. The van der Waals surface area contributed by atoms with Crippen molar-refractivity contribution in [2.24, 2.45) is 0 Å². The number of benzene rings is 1. The molecule has 6 heteroatoms. The lowest BCUT2D eigenvalue weighted by atomic mass is 10.3. The van der Waals surface area contributed by atoms with E-state index in [1.54, 1.807) is 15.5 Å². The Morgan fingerprint density at radius 1 is 1.40 bits per heavy atom. The van der Waals surface area contributed by atoms with Crippen molar-refractivity contribution in [3.8, 4) is 0 Å². The van der Waals surface area contributed by atoms with E-state index in [9.17, 15) is 9.18 Å². The Labute approximate surface area is 117 Å². The molecule has 1 heterocycles. The third-order valence-electron chi connectivity index (χ3n) is 3.41. The molecule has 0 aliphatic rings. The lowest BCUT2D eigenvalue weighted by molar-refractivity contribution is -0.131. The number of aromatic nitrogens is 2. The van der Waals surface area contributed by atoms with Crippen molar-refractivity contribution in [2.75, 3.05) is 18.8 Å². The van der Waals surface area contributed by atoms with Crippen LogP contribution in [0.5, 0.6) is 0 Å². The zero-order valence-electron chi connectivity index (χ0n) is 11.8. The normalized spacial score (nSPS) is 10.9. The third kappa shape index (κ3) is 2.74. The lowest BCUT2D eigenvalue weighted by Crippen LogP contribution is -2.31. The number of fused-ring (bicyclic) bond motifs is 1. The number of imidazole rings is 1. The zero-order valence-corrected chi connectivity index (χ0v) is 11.8. The smallest absolute Gasteiger partial charge is 0.224 e. The average Bonchev–Trinajstić information content (AvgIpc) is 2.72. The second kappa shape index (κ2) is 5.90. The van der Waals surface area contributed by atoms with E-state index in [-0.39, 0.29) is 11.7 Å². The molecule has 0 saturated heterocycles. The number of carbonyl (C=O) groups is 1. The maximum absolute atomic E-state index is 13.1. The standard InChI is InChI=1S/C14H19FN4O/c1-3-18(4-2)13(20)7-8-19-12-6-5-10(15)9-11(12)17-14(19)16/h5-6,9H,3-4,7-8H2,1-2H3,(H2,16,17). The fraction of sp³-hybridized carbons (Fsp3) is 0.429. The minimum Gasteiger partial charge on any atom is -0.369 e. The summed E-state index contributed by atoms with van der Waals surface area (Å²) in [5.74, 6) is 0.0395. The monoisotopic (exact) mass is 278 g/mol. The van der Waals surface area contributed by atoms with E-state index in [4.69, 9.17) is 5.73 Å². The molecule has 0 fully saturated rings. The lowest BCUT2D eigenvalue weighted by Gasteiger charge is -2.18. The van der Waals surface area contributed by atoms with E-state index in [2.05, 4.69) is 4.98 Å². The number of nitrogens with zero attached hydrogens (tertiary/aromatic N) is 3. The van der Waals surface area contributed by atoms with Gasteiger partial charge in [0.1, 0.15) is 5.82 Å². The van der Waals surface area contributed by atoms with Crippen LogP contribution in [-0.4, -0.2) is 33.4 Å². The first-order valence-corrected chi connectivity index (χ1v) is 6.75. The van der Waals surface area contributed by atoms with Crippen LogP contribution in [0, 0.1) is 5.82 Å². The van der Waals surface area contributed by atoms with Crippen LogP contribution in [-0.2, 0) is 11.3 Å². The van der Waals surface area contributed by atoms with Gasteiger partial charge in [-0.05, 0) is 26.0 Å². The molecule has 0 bridgehead atoms. The highest BCUT2D eigenvalue weighted by molar-refractivity contribution is 5.79. The van der Waals surface area contributed by atoms with Crippen LogP contribution < -0.4 is 5.73 Å². The summed E-state index contributed by atoms with van der Waals surface area (Å²) in [5.41, 5.74) is 7.09. The Bertz CT molecular complexity index is 619. The van der Waals surface area contributed by atoms with Crippen molar-refractivity contribution in [3.05, 3.63) is 24.0 Å². The van der Waals surface area contributed by atoms with E-state index in [1.807, 2.05) is 13.8 Å². The van der Waals surface area contributed by atoms with Crippen molar-refractivity contribution >= 4 is 22.9 Å². The summed E-state index contributed by atoms with van der Waals surface area (Å²) < 4.78 is 14.9. The second-order valence-corrected chi connectivity index (χ2v) is 4.57. The average molecular weight is 278 g/mol. The zero-order chi connectivity index (χ0) is 14.7. The van der Waals surface area contributed by atoms with E-state index in [0.29, 0.717) is 37.5 Å². The van der Waals surface area contributed by atoms with Gasteiger partial charge in [0.25, 0.3) is 0 Å². The predicted octanol–water partition coefficient (Wildman–Crippen LogP) is 2.02. The van der Waals surface area contributed by atoms with Gasteiger partial charge in [-0.3, -0.25) is 4.79 Å². The van der Waals surface area contributed by atoms with Crippen LogP contribution in [0.25, 0.3) is 11.0 Å². The molecule has 1 amide bonds. The maximum atomic E-state index is 13.1. The van der Waals surface area contributed by atoms with Crippen molar-refractivity contribution < 1.29 is 9.18 Å². The quantitative estimate of drug-likeness (QED) is 0.910. The van der Waals surface area contributed by atoms with Crippen LogP contribution in [0.4, 0.5) is 10.3 Å². The maximum Gasteiger partial charge on any atom is 0.224 e. The Morgan fingerprint density at radius 3 is 2.75 bits per heavy atom.